The Morgan fingerprint density at radius 2 is 1.86 bits per heavy atom. The molecule has 2 amide bonds. The minimum atomic E-state index is -0.514. The first kappa shape index (κ1) is 20.2. The van der Waals surface area contributed by atoms with Crippen LogP contribution in [0.1, 0.15) is 37.8 Å². The Morgan fingerprint density at radius 3 is 2.48 bits per heavy atom. The zero-order chi connectivity index (χ0) is 20.6. The maximum absolute atomic E-state index is 12.1. The molecule has 0 aromatic carbocycles. The zero-order valence-electron chi connectivity index (χ0n) is 15.6. The number of hydrogen-bond donors (Lipinski definition) is 3. The van der Waals surface area contributed by atoms with E-state index < -0.39 is 5.97 Å². The van der Waals surface area contributed by atoms with Gasteiger partial charge in [0, 0.05) is 19.3 Å². The number of aromatic amines is 1. The average molecular weight is 413 g/mol. The maximum atomic E-state index is 12.1. The Labute approximate surface area is 170 Å². The Bertz CT molecular complexity index is 982. The second-order valence-electron chi connectivity index (χ2n) is 5.93. The predicted octanol–water partition coefficient (Wildman–Crippen LogP) is 1.87. The van der Waals surface area contributed by atoms with Gasteiger partial charge < -0.3 is 15.4 Å². The normalized spacial score (nSPS) is 10.4. The molecule has 150 valence electrons. The van der Waals surface area contributed by atoms with Crippen molar-refractivity contribution in [3.05, 3.63) is 58.9 Å². The van der Waals surface area contributed by atoms with Crippen LogP contribution in [0.4, 0.5) is 0 Å². The van der Waals surface area contributed by atoms with Crippen LogP contribution >= 0.6 is 11.3 Å². The van der Waals surface area contributed by atoms with E-state index in [0.717, 1.165) is 10.6 Å². The molecule has 0 bridgehead atoms. The number of carbonyl (C=O) groups is 3. The molecule has 0 fully saturated rings. The summed E-state index contributed by atoms with van der Waals surface area (Å²) in [5, 5.41) is 14.3. The van der Waals surface area contributed by atoms with E-state index in [1.807, 2.05) is 17.5 Å². The van der Waals surface area contributed by atoms with Crippen LogP contribution < -0.4 is 10.6 Å². The number of nitrogens with zero attached hydrogens (tertiary/aromatic N) is 2. The number of rotatable bonds is 8. The Kier molecular flexibility index (Phi) is 6.69. The summed E-state index contributed by atoms with van der Waals surface area (Å²) in [5.41, 5.74) is 1.57. The van der Waals surface area contributed by atoms with Crippen molar-refractivity contribution in [2.45, 2.75) is 6.42 Å². The molecule has 3 rings (SSSR count). The molecule has 0 aliphatic heterocycles. The van der Waals surface area contributed by atoms with Crippen molar-refractivity contribution in [1.29, 1.82) is 0 Å². The molecule has 3 aromatic rings. The van der Waals surface area contributed by atoms with Crippen molar-refractivity contribution in [2.24, 2.45) is 0 Å². The fourth-order valence-corrected chi connectivity index (χ4v) is 3.13. The molecular formula is C19H19N5O4S. The van der Waals surface area contributed by atoms with Crippen molar-refractivity contribution >= 4 is 29.1 Å². The summed E-state index contributed by atoms with van der Waals surface area (Å²) in [6.07, 6.45) is 1.83. The van der Waals surface area contributed by atoms with Gasteiger partial charge in [-0.2, -0.15) is 5.10 Å². The van der Waals surface area contributed by atoms with E-state index in [1.54, 1.807) is 17.4 Å². The number of aromatic nitrogens is 3. The largest absolute Gasteiger partial charge is 0.465 e. The van der Waals surface area contributed by atoms with Gasteiger partial charge >= 0.3 is 5.97 Å². The summed E-state index contributed by atoms with van der Waals surface area (Å²) in [6, 6.07) is 8.50. The first-order valence-corrected chi connectivity index (χ1v) is 9.66. The Balaban J connectivity index is 1.39. The van der Waals surface area contributed by atoms with Gasteiger partial charge in [0.25, 0.3) is 11.8 Å². The predicted molar refractivity (Wildman–Crippen MR) is 107 cm³/mol. The lowest BCUT2D eigenvalue weighted by molar-refractivity contribution is 0.0599. The number of pyridine rings is 1. The standard InChI is InChI=1S/C19H19N5O4S/c1-28-19(27)12-5-6-13(22-11-12)17(25)20-7-3-8-21-18(26)15-10-14(23-24-15)16-4-2-9-29-16/h2,4-6,9-11H,3,7-8H2,1H3,(H,20,25)(H,21,26)(H,23,24). The Morgan fingerprint density at radius 1 is 1.10 bits per heavy atom. The summed E-state index contributed by atoms with van der Waals surface area (Å²) in [6.45, 7) is 0.746. The van der Waals surface area contributed by atoms with Crippen molar-refractivity contribution in [3.63, 3.8) is 0 Å². The number of esters is 1. The lowest BCUT2D eigenvalue weighted by atomic mass is 10.2. The van der Waals surface area contributed by atoms with Crippen LogP contribution in [0, 0.1) is 0 Å². The first-order chi connectivity index (χ1) is 14.1. The van der Waals surface area contributed by atoms with Gasteiger partial charge in [0.1, 0.15) is 5.69 Å². The summed E-state index contributed by atoms with van der Waals surface area (Å²) < 4.78 is 4.58. The topological polar surface area (TPSA) is 126 Å². The lowest BCUT2D eigenvalue weighted by Crippen LogP contribution is -2.30. The van der Waals surface area contributed by atoms with E-state index >= 15 is 0 Å². The molecule has 0 saturated heterocycles. The second-order valence-corrected chi connectivity index (χ2v) is 6.88. The first-order valence-electron chi connectivity index (χ1n) is 8.78. The van der Waals surface area contributed by atoms with Crippen molar-refractivity contribution < 1.29 is 19.1 Å². The molecule has 0 radical (unpaired) electrons. The molecule has 3 aromatic heterocycles. The molecule has 0 atom stereocenters. The minimum Gasteiger partial charge on any atom is -0.465 e. The highest BCUT2D eigenvalue weighted by atomic mass is 32.1. The highest BCUT2D eigenvalue weighted by Gasteiger charge is 2.12. The molecule has 0 spiro atoms. The minimum absolute atomic E-state index is 0.194. The number of nitrogens with one attached hydrogen (secondary N) is 3. The van der Waals surface area contributed by atoms with Crippen LogP contribution in [-0.4, -0.2) is 53.2 Å². The van der Waals surface area contributed by atoms with Crippen LogP contribution in [-0.2, 0) is 4.74 Å². The average Bonchev–Trinajstić information content (AvgIpc) is 3.44. The van der Waals surface area contributed by atoms with Crippen LogP contribution in [0.5, 0.6) is 0 Å². The summed E-state index contributed by atoms with van der Waals surface area (Å²) in [5.74, 6) is -1.16. The summed E-state index contributed by atoms with van der Waals surface area (Å²) >= 11 is 1.56. The molecule has 0 aliphatic rings. The quantitative estimate of drug-likeness (QED) is 0.382. The third-order valence-electron chi connectivity index (χ3n) is 3.94. The van der Waals surface area contributed by atoms with E-state index in [-0.39, 0.29) is 23.1 Å². The van der Waals surface area contributed by atoms with Gasteiger partial charge in [-0.05, 0) is 36.1 Å². The fourth-order valence-electron chi connectivity index (χ4n) is 2.44. The number of hydrogen-bond acceptors (Lipinski definition) is 7. The molecule has 29 heavy (non-hydrogen) atoms. The number of thiophene rings is 1. The monoisotopic (exact) mass is 413 g/mol. The third kappa shape index (κ3) is 5.26. The third-order valence-corrected chi connectivity index (χ3v) is 4.84. The van der Waals surface area contributed by atoms with Crippen LogP contribution in [0.3, 0.4) is 0 Å². The number of H-pyrrole nitrogens is 1. The molecule has 9 nitrogen and oxygen atoms in total. The number of amides is 2. The van der Waals surface area contributed by atoms with E-state index in [9.17, 15) is 14.4 Å². The van der Waals surface area contributed by atoms with Gasteiger partial charge in [-0.15, -0.1) is 11.3 Å². The van der Waals surface area contributed by atoms with Crippen LogP contribution in [0.25, 0.3) is 10.6 Å². The molecule has 0 unspecified atom stereocenters. The van der Waals surface area contributed by atoms with Gasteiger partial charge in [0.2, 0.25) is 0 Å². The highest BCUT2D eigenvalue weighted by Crippen LogP contribution is 2.22. The molecule has 3 N–H and O–H groups in total. The SMILES string of the molecule is COC(=O)c1ccc(C(=O)NCCCNC(=O)c2cc(-c3cccs3)[nH]n2)nc1. The van der Waals surface area contributed by atoms with E-state index in [0.29, 0.717) is 25.2 Å². The second kappa shape index (κ2) is 9.60. The van der Waals surface area contributed by atoms with Crippen molar-refractivity contribution in [3.8, 4) is 10.6 Å². The maximum Gasteiger partial charge on any atom is 0.339 e. The van der Waals surface area contributed by atoms with Crippen LogP contribution in [0.15, 0.2) is 41.9 Å². The Hall–Kier alpha value is -3.53. The molecule has 10 heteroatoms. The van der Waals surface area contributed by atoms with Gasteiger partial charge in [0.05, 0.1) is 23.2 Å². The number of ether oxygens (including phenoxy) is 1. The smallest absolute Gasteiger partial charge is 0.339 e. The van der Waals surface area contributed by atoms with Gasteiger partial charge in [-0.3, -0.25) is 19.7 Å². The van der Waals surface area contributed by atoms with Crippen LogP contribution in [0.2, 0.25) is 0 Å². The summed E-state index contributed by atoms with van der Waals surface area (Å²) in [4.78, 5) is 40.5. The number of carbonyl (C=O) groups excluding carboxylic acids is 3. The van der Waals surface area contributed by atoms with E-state index in [1.165, 1.54) is 25.4 Å². The van der Waals surface area contributed by atoms with Crippen molar-refractivity contribution in [1.82, 2.24) is 25.8 Å². The highest BCUT2D eigenvalue weighted by molar-refractivity contribution is 7.13. The van der Waals surface area contributed by atoms with Gasteiger partial charge in [-0.1, -0.05) is 6.07 Å². The van der Waals surface area contributed by atoms with Crippen molar-refractivity contribution in [2.75, 3.05) is 20.2 Å². The molecule has 3 heterocycles. The molecule has 0 saturated carbocycles. The molecular weight excluding hydrogens is 394 g/mol. The summed E-state index contributed by atoms with van der Waals surface area (Å²) in [7, 11) is 1.27. The zero-order valence-corrected chi connectivity index (χ0v) is 16.4. The fraction of sp³-hybridized carbons (Fsp3) is 0.211. The van der Waals surface area contributed by atoms with E-state index in [2.05, 4.69) is 30.6 Å². The number of methoxy groups -OCH3 is 1. The lowest BCUT2D eigenvalue weighted by Gasteiger charge is -2.06. The van der Waals surface area contributed by atoms with E-state index in [4.69, 9.17) is 0 Å². The molecule has 0 aliphatic carbocycles. The van der Waals surface area contributed by atoms with Gasteiger partial charge in [0.15, 0.2) is 5.69 Å². The van der Waals surface area contributed by atoms with Gasteiger partial charge in [-0.25, -0.2) is 4.79 Å².